The number of carboxylic acids is 2. The average molecular weight is 875 g/mol. The molecule has 10 heteroatoms. The van der Waals surface area contributed by atoms with Crippen LogP contribution in [0.25, 0.3) is 0 Å². The van der Waals surface area contributed by atoms with Crippen molar-refractivity contribution in [1.29, 1.82) is 0 Å². The average Bonchev–Trinajstić information content (AvgIpc) is 3.21. The molecule has 0 radical (unpaired) electrons. The number of aliphatic carboxylic acids is 2. The molecule has 4 rings (SSSR count). The molecule has 0 amide bonds. The molecule has 4 aliphatic heterocycles. The highest BCUT2D eigenvalue weighted by Crippen LogP contribution is 2.77. The van der Waals surface area contributed by atoms with Crippen molar-refractivity contribution in [3.05, 3.63) is 0 Å². The molecule has 0 aromatic rings. The molecule has 4 heterocycles. The number of rotatable bonds is 27. The molecule has 362 valence electrons. The molecular formula is C52H98N4O6. The molecule has 0 aromatic heterocycles. The fourth-order valence-electron chi connectivity index (χ4n) is 14.8. The maximum atomic E-state index is 16.0. The van der Waals surface area contributed by atoms with Crippen LogP contribution in [-0.2, 0) is 19.3 Å². The van der Waals surface area contributed by atoms with Crippen molar-refractivity contribution < 1.29 is 29.5 Å². The predicted octanol–water partition coefficient (Wildman–Crippen LogP) is 12.0. The minimum atomic E-state index is -1.14. The van der Waals surface area contributed by atoms with E-state index in [2.05, 4.69) is 90.0 Å². The summed E-state index contributed by atoms with van der Waals surface area (Å²) in [5, 5.41) is 34.6. The molecule has 2 atom stereocenters. The molecule has 10 nitrogen and oxygen atoms in total. The van der Waals surface area contributed by atoms with Gasteiger partial charge in [-0.15, -0.1) is 0 Å². The number of piperidine rings is 4. The van der Waals surface area contributed by atoms with E-state index in [-0.39, 0.29) is 29.3 Å². The van der Waals surface area contributed by atoms with Gasteiger partial charge in [0.2, 0.25) is 0 Å². The van der Waals surface area contributed by atoms with Crippen molar-refractivity contribution in [3.63, 3.8) is 0 Å². The SMILES string of the molecule is CCCCCCCON1C(C)(C)CCC(C2CCNCC2)(C(CCCCCCCC(=O)O)(C(=O)O)C2(C3CCNCC3)CCC(C)(C)N(OCCCCCCC)C2(C)C)C1(C)C. The van der Waals surface area contributed by atoms with Gasteiger partial charge in [0.05, 0.1) is 18.6 Å². The summed E-state index contributed by atoms with van der Waals surface area (Å²) >= 11 is 0. The van der Waals surface area contributed by atoms with Crippen molar-refractivity contribution in [2.24, 2.45) is 28.1 Å². The first-order chi connectivity index (χ1) is 29.4. The lowest BCUT2D eigenvalue weighted by Gasteiger charge is -2.77. The molecule has 62 heavy (non-hydrogen) atoms. The summed E-state index contributed by atoms with van der Waals surface area (Å²) in [5.41, 5.74) is -4.26. The number of unbranched alkanes of at least 4 members (excludes halogenated alkanes) is 12. The van der Waals surface area contributed by atoms with Crippen molar-refractivity contribution in [1.82, 2.24) is 20.8 Å². The summed E-state index contributed by atoms with van der Waals surface area (Å²) in [6.07, 6.45) is 23.7. The summed E-state index contributed by atoms with van der Waals surface area (Å²) in [5.74, 6) is -1.00. The zero-order valence-corrected chi connectivity index (χ0v) is 42.0. The minimum absolute atomic E-state index is 0.175. The second-order valence-electron chi connectivity index (χ2n) is 22.7. The van der Waals surface area contributed by atoms with E-state index in [1.165, 1.54) is 38.5 Å². The topological polar surface area (TPSA) is 124 Å². The molecule has 0 spiro atoms. The van der Waals surface area contributed by atoms with Gasteiger partial charge >= 0.3 is 11.9 Å². The second-order valence-corrected chi connectivity index (χ2v) is 22.7. The minimum Gasteiger partial charge on any atom is -0.481 e. The number of carbonyl (C=O) groups is 2. The van der Waals surface area contributed by atoms with Crippen LogP contribution in [0.15, 0.2) is 0 Å². The van der Waals surface area contributed by atoms with Crippen LogP contribution in [0.4, 0.5) is 0 Å². The largest absolute Gasteiger partial charge is 0.481 e. The molecule has 4 aliphatic rings. The highest BCUT2D eigenvalue weighted by molar-refractivity contribution is 5.79. The zero-order valence-electron chi connectivity index (χ0n) is 42.0. The molecule has 4 saturated heterocycles. The Balaban J connectivity index is 2.02. The summed E-state index contributed by atoms with van der Waals surface area (Å²) < 4.78 is 0. The van der Waals surface area contributed by atoms with Gasteiger partial charge in [-0.1, -0.05) is 90.9 Å². The monoisotopic (exact) mass is 875 g/mol. The Morgan fingerprint density at radius 1 is 0.548 bits per heavy atom. The Morgan fingerprint density at radius 3 is 1.31 bits per heavy atom. The van der Waals surface area contributed by atoms with Gasteiger partial charge in [0.15, 0.2) is 0 Å². The Labute approximate surface area is 380 Å². The van der Waals surface area contributed by atoms with E-state index in [4.69, 9.17) is 9.68 Å². The van der Waals surface area contributed by atoms with E-state index in [9.17, 15) is 15.0 Å². The van der Waals surface area contributed by atoms with Crippen LogP contribution in [0.3, 0.4) is 0 Å². The number of hydroxylamine groups is 4. The van der Waals surface area contributed by atoms with Crippen LogP contribution < -0.4 is 10.6 Å². The van der Waals surface area contributed by atoms with Gasteiger partial charge in [-0.05, 0) is 170 Å². The number of nitrogens with zero attached hydrogens (tertiary/aromatic N) is 2. The smallest absolute Gasteiger partial charge is 0.310 e. The summed E-state index contributed by atoms with van der Waals surface area (Å²) in [6, 6.07) is 0. The third kappa shape index (κ3) is 10.9. The van der Waals surface area contributed by atoms with Crippen LogP contribution in [0.1, 0.15) is 230 Å². The first-order valence-corrected chi connectivity index (χ1v) is 26.1. The standard InChI is InChI=1S/C52H98N4O6/c1-11-13-15-20-24-40-61-55-46(3,4)32-34-50(48(55,7)8,42-27-36-53-37-28-42)52(45(59)60,31-23-19-17-18-22-26-44(57)58)51(43-29-38-54-39-30-43)35-33-47(5,6)56(49(51,9)10)62-41-25-21-16-14-12-2/h42-43,53-54H,11-41H2,1-10H3,(H,57,58)(H,59,60). The third-order valence-electron chi connectivity index (χ3n) is 17.4. The van der Waals surface area contributed by atoms with Gasteiger partial charge in [0.1, 0.15) is 0 Å². The highest BCUT2D eigenvalue weighted by Gasteiger charge is 2.81. The van der Waals surface area contributed by atoms with Gasteiger partial charge in [0, 0.05) is 39.4 Å². The van der Waals surface area contributed by atoms with E-state index < -0.39 is 39.3 Å². The second kappa shape index (κ2) is 23.4. The van der Waals surface area contributed by atoms with E-state index in [1.54, 1.807) is 0 Å². The van der Waals surface area contributed by atoms with Crippen molar-refractivity contribution >= 4 is 11.9 Å². The van der Waals surface area contributed by atoms with Gasteiger partial charge in [-0.3, -0.25) is 19.3 Å². The van der Waals surface area contributed by atoms with Crippen LogP contribution in [0.2, 0.25) is 0 Å². The summed E-state index contributed by atoms with van der Waals surface area (Å²) in [4.78, 5) is 41.8. The Morgan fingerprint density at radius 2 is 0.919 bits per heavy atom. The molecule has 0 aromatic carbocycles. The van der Waals surface area contributed by atoms with E-state index in [0.717, 1.165) is 129 Å². The van der Waals surface area contributed by atoms with E-state index in [0.29, 0.717) is 26.1 Å². The van der Waals surface area contributed by atoms with E-state index in [1.807, 2.05) is 0 Å². The van der Waals surface area contributed by atoms with Crippen molar-refractivity contribution in [2.75, 3.05) is 39.4 Å². The first-order valence-electron chi connectivity index (χ1n) is 26.1. The van der Waals surface area contributed by atoms with Crippen LogP contribution in [0.5, 0.6) is 0 Å². The Kier molecular flexibility index (Phi) is 20.1. The molecule has 2 unspecified atom stereocenters. The van der Waals surface area contributed by atoms with E-state index >= 15 is 4.79 Å². The van der Waals surface area contributed by atoms with Crippen LogP contribution >= 0.6 is 0 Å². The van der Waals surface area contributed by atoms with Gasteiger partial charge < -0.3 is 20.8 Å². The number of hydrogen-bond acceptors (Lipinski definition) is 8. The number of carboxylic acid groups (broad SMARTS) is 2. The van der Waals surface area contributed by atoms with Gasteiger partial charge in [-0.2, -0.15) is 10.1 Å². The Hall–Kier alpha value is -1.30. The highest BCUT2D eigenvalue weighted by atomic mass is 16.7. The molecule has 4 fully saturated rings. The van der Waals surface area contributed by atoms with Gasteiger partial charge in [0.25, 0.3) is 0 Å². The fraction of sp³-hybridized carbons (Fsp3) is 0.962. The lowest BCUT2D eigenvalue weighted by Crippen LogP contribution is -2.82. The van der Waals surface area contributed by atoms with Crippen molar-refractivity contribution in [2.45, 2.75) is 252 Å². The quantitative estimate of drug-likeness (QED) is 0.0593. The van der Waals surface area contributed by atoms with Crippen LogP contribution in [0, 0.1) is 28.1 Å². The molecule has 0 bridgehead atoms. The summed E-state index contributed by atoms with van der Waals surface area (Å²) in [7, 11) is 0. The van der Waals surface area contributed by atoms with Crippen LogP contribution in [-0.4, -0.2) is 93.8 Å². The maximum Gasteiger partial charge on any atom is 0.310 e. The third-order valence-corrected chi connectivity index (χ3v) is 17.4. The zero-order chi connectivity index (χ0) is 45.7. The molecular weight excluding hydrogens is 777 g/mol. The molecule has 0 saturated carbocycles. The number of hydrogen-bond donors (Lipinski definition) is 4. The first kappa shape index (κ1) is 53.3. The summed E-state index contributed by atoms with van der Waals surface area (Å²) in [6.45, 7) is 28.3. The fourth-order valence-corrected chi connectivity index (χ4v) is 14.8. The normalized spacial score (nSPS) is 28.1. The molecule has 0 aliphatic carbocycles. The van der Waals surface area contributed by atoms with Gasteiger partial charge in [-0.25, -0.2) is 0 Å². The lowest BCUT2D eigenvalue weighted by molar-refractivity contribution is -0.384. The maximum absolute atomic E-state index is 16.0. The molecule has 4 N–H and O–H groups in total. The Bertz CT molecular complexity index is 1280. The number of nitrogens with one attached hydrogen (secondary N) is 2. The lowest BCUT2D eigenvalue weighted by atomic mass is 9.31. The van der Waals surface area contributed by atoms with Crippen molar-refractivity contribution in [3.8, 4) is 0 Å². The predicted molar refractivity (Wildman–Crippen MR) is 254 cm³/mol.